The normalized spacial score (nSPS) is 10.1. The number of aliphatic hydroxyl groups is 1. The molecule has 0 radical (unpaired) electrons. The zero-order valence-corrected chi connectivity index (χ0v) is 14.6. The highest BCUT2D eigenvalue weighted by Gasteiger charge is 2.14. The molecule has 0 spiro atoms. The molecule has 0 heterocycles. The highest BCUT2D eigenvalue weighted by Crippen LogP contribution is 2.33. The second-order valence-corrected chi connectivity index (χ2v) is 5.74. The number of esters is 1. The zero-order chi connectivity index (χ0) is 18.5. The van der Waals surface area contributed by atoms with Crippen LogP contribution >= 0.6 is 0 Å². The van der Waals surface area contributed by atoms with E-state index in [1.54, 1.807) is 12.1 Å². The van der Waals surface area contributed by atoms with Crippen LogP contribution in [-0.4, -0.2) is 18.2 Å². The summed E-state index contributed by atoms with van der Waals surface area (Å²) in [5.41, 5.74) is 1.95. The summed E-state index contributed by atoms with van der Waals surface area (Å²) >= 11 is 0. The van der Waals surface area contributed by atoms with Crippen molar-refractivity contribution in [1.82, 2.24) is 0 Å². The van der Waals surface area contributed by atoms with Crippen LogP contribution in [0, 0.1) is 11.8 Å². The first-order valence-electron chi connectivity index (χ1n) is 8.11. The maximum absolute atomic E-state index is 11.4. The van der Waals surface area contributed by atoms with E-state index in [1.165, 1.54) is 14.0 Å². The third-order valence-corrected chi connectivity index (χ3v) is 3.85. The Hall–Kier alpha value is -3.29. The highest BCUT2D eigenvalue weighted by atomic mass is 16.6. The van der Waals surface area contributed by atoms with E-state index in [0.717, 1.165) is 16.3 Å². The first-order chi connectivity index (χ1) is 12.6. The first kappa shape index (κ1) is 17.5. The number of methoxy groups -OCH3 is 1. The van der Waals surface area contributed by atoms with E-state index in [-0.39, 0.29) is 12.4 Å². The number of ether oxygens (including phenoxy) is 2. The molecule has 130 valence electrons. The molecule has 0 aliphatic heterocycles. The Labute approximate surface area is 152 Å². The summed E-state index contributed by atoms with van der Waals surface area (Å²) in [6.45, 7) is 1.15. The third-order valence-electron chi connectivity index (χ3n) is 3.85. The molecular weight excluding hydrogens is 328 g/mol. The van der Waals surface area contributed by atoms with Crippen molar-refractivity contribution in [3.63, 3.8) is 0 Å². The van der Waals surface area contributed by atoms with E-state index in [4.69, 9.17) is 9.47 Å². The van der Waals surface area contributed by atoms with E-state index >= 15 is 0 Å². The molecule has 0 aliphatic rings. The maximum Gasteiger partial charge on any atom is 0.308 e. The van der Waals surface area contributed by atoms with Gasteiger partial charge < -0.3 is 14.6 Å². The van der Waals surface area contributed by atoms with E-state index in [2.05, 4.69) is 11.8 Å². The number of carbonyl (C=O) groups excluding carboxylic acids is 1. The minimum atomic E-state index is -0.464. The fourth-order valence-electron chi connectivity index (χ4n) is 2.65. The van der Waals surface area contributed by atoms with Crippen molar-refractivity contribution in [2.24, 2.45) is 0 Å². The molecule has 4 heteroatoms. The van der Waals surface area contributed by atoms with Gasteiger partial charge in [0.15, 0.2) is 11.5 Å². The zero-order valence-electron chi connectivity index (χ0n) is 14.6. The van der Waals surface area contributed by atoms with Gasteiger partial charge in [-0.15, -0.1) is 0 Å². The average molecular weight is 346 g/mol. The third kappa shape index (κ3) is 3.85. The lowest BCUT2D eigenvalue weighted by Gasteiger charge is -2.11. The van der Waals surface area contributed by atoms with Crippen LogP contribution in [0.5, 0.6) is 11.5 Å². The van der Waals surface area contributed by atoms with E-state index in [9.17, 15) is 9.90 Å². The van der Waals surface area contributed by atoms with E-state index < -0.39 is 5.97 Å². The summed E-state index contributed by atoms with van der Waals surface area (Å²) in [4.78, 5) is 11.4. The molecule has 26 heavy (non-hydrogen) atoms. The summed E-state index contributed by atoms with van der Waals surface area (Å²) in [6, 6.07) is 17.3. The molecule has 0 aromatic heterocycles. The summed E-state index contributed by atoms with van der Waals surface area (Å²) in [6.07, 6.45) is 0. The Kier molecular flexibility index (Phi) is 5.21. The molecule has 0 fully saturated rings. The van der Waals surface area contributed by atoms with Crippen molar-refractivity contribution in [2.45, 2.75) is 13.5 Å². The fourth-order valence-corrected chi connectivity index (χ4v) is 2.65. The fraction of sp³-hybridized carbons (Fsp3) is 0.136. The summed E-state index contributed by atoms with van der Waals surface area (Å²) < 4.78 is 10.6. The second-order valence-electron chi connectivity index (χ2n) is 5.74. The van der Waals surface area contributed by atoms with Crippen molar-refractivity contribution >= 4 is 16.7 Å². The predicted octanol–water partition coefficient (Wildman–Crippen LogP) is 3.67. The van der Waals surface area contributed by atoms with Gasteiger partial charge >= 0.3 is 5.97 Å². The Morgan fingerprint density at radius 2 is 1.81 bits per heavy atom. The molecule has 0 bridgehead atoms. The molecule has 0 unspecified atom stereocenters. The van der Waals surface area contributed by atoms with Crippen molar-refractivity contribution in [3.05, 3.63) is 71.3 Å². The average Bonchev–Trinajstić information content (AvgIpc) is 2.66. The standard InChI is InChI=1S/C22H18O4/c1-15(24)26-22-20(12-17(14-23)13-21(22)25-2)10-8-16-7-9-18-5-3-4-6-19(18)11-16/h3-7,9,11-13,23H,14H2,1-2H3. The molecular formula is C22H18O4. The van der Waals surface area contributed by atoms with Gasteiger partial charge in [0.2, 0.25) is 0 Å². The number of fused-ring (bicyclic) bond motifs is 1. The molecule has 4 nitrogen and oxygen atoms in total. The van der Waals surface area contributed by atoms with Gasteiger partial charge in [-0.3, -0.25) is 4.79 Å². The SMILES string of the molecule is COc1cc(CO)cc(C#Cc2ccc3ccccc3c2)c1OC(C)=O. The topological polar surface area (TPSA) is 55.8 Å². The van der Waals surface area contributed by atoms with Crippen LogP contribution < -0.4 is 9.47 Å². The van der Waals surface area contributed by atoms with Crippen LogP contribution in [0.3, 0.4) is 0 Å². The monoisotopic (exact) mass is 346 g/mol. The van der Waals surface area contributed by atoms with Gasteiger partial charge in [-0.1, -0.05) is 42.2 Å². The summed E-state index contributed by atoms with van der Waals surface area (Å²) in [7, 11) is 1.48. The Balaban J connectivity index is 2.07. The minimum Gasteiger partial charge on any atom is -0.493 e. The number of aliphatic hydroxyl groups excluding tert-OH is 1. The molecule has 0 amide bonds. The molecule has 3 aromatic carbocycles. The van der Waals surface area contributed by atoms with Gasteiger partial charge in [-0.05, 0) is 40.6 Å². The highest BCUT2D eigenvalue weighted by molar-refractivity contribution is 5.83. The second kappa shape index (κ2) is 7.73. The predicted molar refractivity (Wildman–Crippen MR) is 100 cm³/mol. The van der Waals surface area contributed by atoms with Crippen molar-refractivity contribution in [2.75, 3.05) is 7.11 Å². The molecule has 0 saturated heterocycles. The smallest absolute Gasteiger partial charge is 0.308 e. The Morgan fingerprint density at radius 1 is 1.04 bits per heavy atom. The van der Waals surface area contributed by atoms with Crippen LogP contribution in [0.25, 0.3) is 10.8 Å². The molecule has 0 aliphatic carbocycles. The molecule has 0 atom stereocenters. The first-order valence-corrected chi connectivity index (χ1v) is 8.11. The molecule has 0 saturated carbocycles. The lowest BCUT2D eigenvalue weighted by molar-refractivity contribution is -0.132. The number of hydrogen-bond donors (Lipinski definition) is 1. The molecule has 1 N–H and O–H groups in total. The van der Waals surface area contributed by atoms with Gasteiger partial charge in [-0.2, -0.15) is 0 Å². The Morgan fingerprint density at radius 3 is 2.50 bits per heavy atom. The number of carbonyl (C=O) groups is 1. The largest absolute Gasteiger partial charge is 0.493 e. The van der Waals surface area contributed by atoms with Crippen LogP contribution in [-0.2, 0) is 11.4 Å². The van der Waals surface area contributed by atoms with Crippen molar-refractivity contribution in [3.8, 4) is 23.3 Å². The van der Waals surface area contributed by atoms with Gasteiger partial charge in [0.1, 0.15) is 0 Å². The van der Waals surface area contributed by atoms with Gasteiger partial charge in [0.05, 0.1) is 19.3 Å². The lowest BCUT2D eigenvalue weighted by atomic mass is 10.1. The summed E-state index contributed by atoms with van der Waals surface area (Å²) in [5, 5.41) is 11.7. The van der Waals surface area contributed by atoms with Crippen LogP contribution in [0.15, 0.2) is 54.6 Å². The van der Waals surface area contributed by atoms with Crippen LogP contribution in [0.1, 0.15) is 23.6 Å². The minimum absolute atomic E-state index is 0.165. The molecule has 3 rings (SSSR count). The maximum atomic E-state index is 11.4. The Bertz CT molecular complexity index is 1030. The number of benzene rings is 3. The lowest BCUT2D eigenvalue weighted by Crippen LogP contribution is -2.05. The van der Waals surface area contributed by atoms with Crippen molar-refractivity contribution in [1.29, 1.82) is 0 Å². The number of hydrogen-bond acceptors (Lipinski definition) is 4. The van der Waals surface area contributed by atoms with Crippen molar-refractivity contribution < 1.29 is 19.4 Å². The van der Waals surface area contributed by atoms with E-state index in [0.29, 0.717) is 16.9 Å². The van der Waals surface area contributed by atoms with Crippen LogP contribution in [0.2, 0.25) is 0 Å². The van der Waals surface area contributed by atoms with Gasteiger partial charge in [-0.25, -0.2) is 0 Å². The van der Waals surface area contributed by atoms with Crippen LogP contribution in [0.4, 0.5) is 0 Å². The van der Waals surface area contributed by atoms with Gasteiger partial charge in [0, 0.05) is 12.5 Å². The molecule has 3 aromatic rings. The van der Waals surface area contributed by atoms with E-state index in [1.807, 2.05) is 42.5 Å². The quantitative estimate of drug-likeness (QED) is 0.447. The number of rotatable bonds is 3. The van der Waals surface area contributed by atoms with Gasteiger partial charge in [0.25, 0.3) is 0 Å². The summed E-state index contributed by atoms with van der Waals surface area (Å²) in [5.74, 6) is 6.27.